The van der Waals surface area contributed by atoms with E-state index in [0.29, 0.717) is 12.1 Å². The molecule has 6 heteroatoms. The van der Waals surface area contributed by atoms with Gasteiger partial charge in [0.05, 0.1) is 25.3 Å². The number of aliphatic hydroxyl groups is 1. The number of nitrogens with zero attached hydrogens (tertiary/aromatic N) is 1. The van der Waals surface area contributed by atoms with Crippen LogP contribution < -0.4 is 4.90 Å². The fourth-order valence-electron chi connectivity index (χ4n) is 2.94. The Morgan fingerprint density at radius 2 is 2.04 bits per heavy atom. The number of fused-ring (bicyclic) bond motifs is 1. The van der Waals surface area contributed by atoms with Crippen molar-refractivity contribution in [1.82, 2.24) is 0 Å². The van der Waals surface area contributed by atoms with E-state index in [1.807, 2.05) is 12.1 Å². The van der Waals surface area contributed by atoms with Gasteiger partial charge in [0.25, 0.3) is 5.91 Å². The number of carbonyl (C=O) groups excluding carboxylic acids is 2. The lowest BCUT2D eigenvalue weighted by atomic mass is 10.1. The minimum atomic E-state index is -0.819. The van der Waals surface area contributed by atoms with E-state index in [9.17, 15) is 19.1 Å². The number of esters is 1. The number of aliphatic hydroxyl groups excluding tert-OH is 1. The topological polar surface area (TPSA) is 66.8 Å². The Balaban J connectivity index is 1.97. The number of ether oxygens (including phenoxy) is 1. The minimum absolute atomic E-state index is 0.107. The third-order valence-electron chi connectivity index (χ3n) is 4.12. The van der Waals surface area contributed by atoms with Crippen LogP contribution in [-0.4, -0.2) is 36.7 Å². The summed E-state index contributed by atoms with van der Waals surface area (Å²) >= 11 is 0. The summed E-state index contributed by atoms with van der Waals surface area (Å²) in [5.41, 5.74) is 1.54. The number of carbonyl (C=O) groups is 2. The van der Waals surface area contributed by atoms with Gasteiger partial charge in [0.15, 0.2) is 0 Å². The van der Waals surface area contributed by atoms with E-state index in [0.717, 1.165) is 18.7 Å². The number of anilines is 1. The second-order valence-electron chi connectivity index (χ2n) is 5.53. The van der Waals surface area contributed by atoms with Crippen LogP contribution >= 0.6 is 0 Å². The first-order chi connectivity index (χ1) is 11.6. The summed E-state index contributed by atoms with van der Waals surface area (Å²) in [5, 5.41) is 9.58. The van der Waals surface area contributed by atoms with Gasteiger partial charge in [0, 0.05) is 11.3 Å². The van der Waals surface area contributed by atoms with Crippen LogP contribution in [0.1, 0.15) is 26.3 Å². The molecule has 1 aliphatic rings. The van der Waals surface area contributed by atoms with Gasteiger partial charge in [-0.3, -0.25) is 4.79 Å². The van der Waals surface area contributed by atoms with Crippen LogP contribution in [-0.2, 0) is 11.2 Å². The number of methoxy groups -OCH3 is 1. The maximum absolute atomic E-state index is 14.1. The quantitative estimate of drug-likeness (QED) is 0.877. The third kappa shape index (κ3) is 2.65. The van der Waals surface area contributed by atoms with Gasteiger partial charge in [-0.2, -0.15) is 0 Å². The van der Waals surface area contributed by atoms with Crippen molar-refractivity contribution in [3.8, 4) is 0 Å². The van der Waals surface area contributed by atoms with Gasteiger partial charge in [-0.25, -0.2) is 9.18 Å². The smallest absolute Gasteiger partial charge is 0.340 e. The SMILES string of the molecule is COC(=O)c1ccc(C(=O)N2c3ccccc3CC2CO)cc1F. The van der Waals surface area contributed by atoms with Crippen molar-refractivity contribution in [2.75, 3.05) is 18.6 Å². The Kier molecular flexibility index (Phi) is 4.31. The molecule has 1 amide bonds. The standard InChI is InChI=1S/C18H16FNO4/c1-24-18(23)14-7-6-12(9-15(14)19)17(22)20-13(10-21)8-11-4-2-3-5-16(11)20/h2-7,9,13,21H,8,10H2,1H3. The number of hydrogen-bond acceptors (Lipinski definition) is 4. The van der Waals surface area contributed by atoms with E-state index in [1.165, 1.54) is 17.0 Å². The van der Waals surface area contributed by atoms with Crippen LogP contribution in [0.2, 0.25) is 0 Å². The average molecular weight is 329 g/mol. The first kappa shape index (κ1) is 16.1. The van der Waals surface area contributed by atoms with Crippen LogP contribution in [0.5, 0.6) is 0 Å². The van der Waals surface area contributed by atoms with Crippen molar-refractivity contribution < 1.29 is 23.8 Å². The largest absolute Gasteiger partial charge is 0.465 e. The maximum Gasteiger partial charge on any atom is 0.340 e. The van der Waals surface area contributed by atoms with Gasteiger partial charge in [-0.1, -0.05) is 18.2 Å². The molecule has 0 radical (unpaired) electrons. The summed E-state index contributed by atoms with van der Waals surface area (Å²) in [6, 6.07) is 10.6. The van der Waals surface area contributed by atoms with Crippen LogP contribution in [0.25, 0.3) is 0 Å². The molecule has 0 saturated heterocycles. The Bertz CT molecular complexity index is 805. The van der Waals surface area contributed by atoms with Crippen molar-refractivity contribution in [3.05, 3.63) is 65.0 Å². The van der Waals surface area contributed by atoms with E-state index < -0.39 is 23.7 Å². The van der Waals surface area contributed by atoms with Gasteiger partial charge < -0.3 is 14.7 Å². The molecule has 5 nitrogen and oxygen atoms in total. The normalized spacial score (nSPS) is 16.0. The first-order valence-corrected chi connectivity index (χ1v) is 7.47. The first-order valence-electron chi connectivity index (χ1n) is 7.47. The summed E-state index contributed by atoms with van der Waals surface area (Å²) in [6.45, 7) is -0.191. The molecule has 1 N–H and O–H groups in total. The number of para-hydroxylation sites is 1. The van der Waals surface area contributed by atoms with E-state index in [2.05, 4.69) is 4.74 Å². The number of amides is 1. The lowest BCUT2D eigenvalue weighted by Gasteiger charge is -2.24. The van der Waals surface area contributed by atoms with E-state index in [4.69, 9.17) is 0 Å². The summed E-state index contributed by atoms with van der Waals surface area (Å²) in [7, 11) is 1.16. The molecular formula is C18H16FNO4. The zero-order valence-corrected chi connectivity index (χ0v) is 13.0. The summed E-state index contributed by atoms with van der Waals surface area (Å²) < 4.78 is 18.6. The predicted molar refractivity (Wildman–Crippen MR) is 85.6 cm³/mol. The molecule has 1 atom stereocenters. The van der Waals surface area contributed by atoms with Crippen LogP contribution in [0, 0.1) is 5.82 Å². The zero-order chi connectivity index (χ0) is 17.3. The van der Waals surface area contributed by atoms with Crippen molar-refractivity contribution in [3.63, 3.8) is 0 Å². The maximum atomic E-state index is 14.1. The molecule has 24 heavy (non-hydrogen) atoms. The van der Waals surface area contributed by atoms with Gasteiger partial charge >= 0.3 is 5.97 Å². The van der Waals surface area contributed by atoms with Crippen molar-refractivity contribution in [2.45, 2.75) is 12.5 Å². The highest BCUT2D eigenvalue weighted by Gasteiger charge is 2.34. The number of rotatable bonds is 3. The molecule has 0 fully saturated rings. The lowest BCUT2D eigenvalue weighted by molar-refractivity contribution is 0.0595. The van der Waals surface area contributed by atoms with Crippen LogP contribution in [0.15, 0.2) is 42.5 Å². The van der Waals surface area contributed by atoms with E-state index in [-0.39, 0.29) is 17.7 Å². The molecule has 0 bridgehead atoms. The average Bonchev–Trinajstić information content (AvgIpc) is 2.98. The summed E-state index contributed by atoms with van der Waals surface area (Å²) in [4.78, 5) is 25.7. The predicted octanol–water partition coefficient (Wildman–Crippen LogP) is 2.18. The molecule has 0 aromatic heterocycles. The van der Waals surface area contributed by atoms with Gasteiger partial charge in [-0.05, 0) is 36.2 Å². The van der Waals surface area contributed by atoms with Crippen LogP contribution in [0.3, 0.4) is 0 Å². The second-order valence-corrected chi connectivity index (χ2v) is 5.53. The molecule has 124 valence electrons. The Labute approximate surface area is 138 Å². The highest BCUT2D eigenvalue weighted by atomic mass is 19.1. The van der Waals surface area contributed by atoms with Gasteiger partial charge in [-0.15, -0.1) is 0 Å². The van der Waals surface area contributed by atoms with E-state index in [1.54, 1.807) is 12.1 Å². The molecule has 0 saturated carbocycles. The fraction of sp³-hybridized carbons (Fsp3) is 0.222. The molecule has 1 unspecified atom stereocenters. The summed E-state index contributed by atoms with van der Waals surface area (Å²) in [5.74, 6) is -2.04. The van der Waals surface area contributed by atoms with Gasteiger partial charge in [0.2, 0.25) is 0 Å². The molecular weight excluding hydrogens is 313 g/mol. The molecule has 2 aromatic carbocycles. The number of hydrogen-bond donors (Lipinski definition) is 1. The lowest BCUT2D eigenvalue weighted by Crippen LogP contribution is -2.40. The van der Waals surface area contributed by atoms with Crippen LogP contribution in [0.4, 0.5) is 10.1 Å². The Morgan fingerprint density at radius 1 is 1.29 bits per heavy atom. The molecule has 2 aromatic rings. The number of halogens is 1. The molecule has 1 aliphatic heterocycles. The van der Waals surface area contributed by atoms with Crippen molar-refractivity contribution in [1.29, 1.82) is 0 Å². The monoisotopic (exact) mass is 329 g/mol. The molecule has 0 spiro atoms. The third-order valence-corrected chi connectivity index (χ3v) is 4.12. The van der Waals surface area contributed by atoms with E-state index >= 15 is 0 Å². The zero-order valence-electron chi connectivity index (χ0n) is 13.0. The Hall–Kier alpha value is -2.73. The van der Waals surface area contributed by atoms with Gasteiger partial charge in [0.1, 0.15) is 5.82 Å². The minimum Gasteiger partial charge on any atom is -0.465 e. The molecule has 0 aliphatic carbocycles. The molecule has 1 heterocycles. The highest BCUT2D eigenvalue weighted by molar-refractivity contribution is 6.08. The number of benzene rings is 2. The Morgan fingerprint density at radius 3 is 2.71 bits per heavy atom. The summed E-state index contributed by atoms with van der Waals surface area (Å²) in [6.07, 6.45) is 0.543. The van der Waals surface area contributed by atoms with Crippen molar-refractivity contribution >= 4 is 17.6 Å². The second kappa shape index (κ2) is 6.41. The molecule has 3 rings (SSSR count). The highest BCUT2D eigenvalue weighted by Crippen LogP contribution is 2.33. The fourth-order valence-corrected chi connectivity index (χ4v) is 2.94. The van der Waals surface area contributed by atoms with Crippen molar-refractivity contribution in [2.24, 2.45) is 0 Å².